The lowest BCUT2D eigenvalue weighted by Crippen LogP contribution is -2.38. The van der Waals surface area contributed by atoms with Crippen molar-refractivity contribution < 1.29 is 14.3 Å². The van der Waals surface area contributed by atoms with Gasteiger partial charge >= 0.3 is 0 Å². The minimum Gasteiger partial charge on any atom is -0.497 e. The van der Waals surface area contributed by atoms with Crippen LogP contribution >= 0.6 is 11.3 Å². The molecule has 1 fully saturated rings. The largest absolute Gasteiger partial charge is 0.497 e. The maximum absolute atomic E-state index is 12.8. The van der Waals surface area contributed by atoms with E-state index in [1.807, 2.05) is 72.8 Å². The van der Waals surface area contributed by atoms with Gasteiger partial charge < -0.3 is 19.7 Å². The van der Waals surface area contributed by atoms with Crippen LogP contribution in [0, 0.1) is 5.92 Å². The van der Waals surface area contributed by atoms with Crippen LogP contribution in [0.2, 0.25) is 0 Å². The molecule has 0 saturated carbocycles. The number of hydrogen-bond donors (Lipinski definition) is 1. The Labute approximate surface area is 196 Å². The number of para-hydroxylation sites is 1. The van der Waals surface area contributed by atoms with Crippen molar-refractivity contribution in [2.45, 2.75) is 12.8 Å². The Hall–Kier alpha value is -3.58. The molecule has 0 radical (unpaired) electrons. The van der Waals surface area contributed by atoms with Crippen molar-refractivity contribution >= 4 is 38.3 Å². The highest BCUT2D eigenvalue weighted by Gasteiger charge is 2.26. The topological polar surface area (TPSA) is 63.7 Å². The number of fused-ring (bicyclic) bond motifs is 1. The summed E-state index contributed by atoms with van der Waals surface area (Å²) in [5.74, 6) is 2.43. The van der Waals surface area contributed by atoms with Crippen LogP contribution in [-0.4, -0.2) is 31.1 Å². The first kappa shape index (κ1) is 21.3. The lowest BCUT2D eigenvalue weighted by atomic mass is 9.96. The fraction of sp³-hybridized carbons (Fsp3) is 0.231. The van der Waals surface area contributed by atoms with Crippen molar-refractivity contribution in [1.29, 1.82) is 0 Å². The second kappa shape index (κ2) is 9.50. The summed E-state index contributed by atoms with van der Waals surface area (Å²) < 4.78 is 12.2. The number of amides is 1. The number of aromatic nitrogens is 1. The van der Waals surface area contributed by atoms with Gasteiger partial charge in [-0.15, -0.1) is 0 Å². The van der Waals surface area contributed by atoms with E-state index in [9.17, 15) is 4.79 Å². The van der Waals surface area contributed by atoms with Gasteiger partial charge in [0.2, 0.25) is 5.91 Å². The third kappa shape index (κ3) is 4.93. The summed E-state index contributed by atoms with van der Waals surface area (Å²) in [5.41, 5.74) is 1.76. The number of anilines is 2. The number of ether oxygens (including phenoxy) is 2. The Balaban J connectivity index is 1.15. The van der Waals surface area contributed by atoms with E-state index in [-0.39, 0.29) is 11.8 Å². The second-order valence-electron chi connectivity index (χ2n) is 8.02. The van der Waals surface area contributed by atoms with E-state index in [0.29, 0.717) is 0 Å². The van der Waals surface area contributed by atoms with Crippen LogP contribution in [0.3, 0.4) is 0 Å². The molecule has 4 aromatic rings. The number of piperidine rings is 1. The Morgan fingerprint density at radius 1 is 0.970 bits per heavy atom. The van der Waals surface area contributed by atoms with E-state index in [0.717, 1.165) is 64.2 Å². The Morgan fingerprint density at radius 2 is 1.67 bits per heavy atom. The van der Waals surface area contributed by atoms with Crippen molar-refractivity contribution in [2.24, 2.45) is 5.92 Å². The average molecular weight is 460 g/mol. The zero-order valence-corrected chi connectivity index (χ0v) is 19.2. The van der Waals surface area contributed by atoms with Crippen LogP contribution in [0.1, 0.15) is 12.8 Å². The summed E-state index contributed by atoms with van der Waals surface area (Å²) in [5, 5.41) is 4.06. The monoisotopic (exact) mass is 459 g/mol. The van der Waals surface area contributed by atoms with E-state index in [1.165, 1.54) is 0 Å². The number of methoxy groups -OCH3 is 1. The van der Waals surface area contributed by atoms with Crippen molar-refractivity contribution in [2.75, 3.05) is 30.4 Å². The van der Waals surface area contributed by atoms with Crippen molar-refractivity contribution in [3.05, 3.63) is 72.8 Å². The van der Waals surface area contributed by atoms with E-state index in [4.69, 9.17) is 14.5 Å². The van der Waals surface area contributed by atoms with Gasteiger partial charge in [-0.3, -0.25) is 4.79 Å². The second-order valence-corrected chi connectivity index (χ2v) is 9.03. The molecule has 1 aliphatic heterocycles. The maximum Gasteiger partial charge on any atom is 0.227 e. The number of nitrogens with one attached hydrogen (secondary N) is 1. The molecule has 1 aromatic heterocycles. The lowest BCUT2D eigenvalue weighted by molar-refractivity contribution is -0.120. The Bertz CT molecular complexity index is 1230. The molecule has 1 amide bonds. The predicted molar refractivity (Wildman–Crippen MR) is 133 cm³/mol. The highest BCUT2D eigenvalue weighted by Crippen LogP contribution is 2.33. The molecular formula is C26H25N3O3S. The van der Waals surface area contributed by atoms with Gasteiger partial charge in [0, 0.05) is 24.7 Å². The third-order valence-corrected chi connectivity index (χ3v) is 6.90. The number of benzene rings is 3. The average Bonchev–Trinajstić information content (AvgIpc) is 3.29. The van der Waals surface area contributed by atoms with Crippen molar-refractivity contribution in [1.82, 2.24) is 4.98 Å². The highest BCUT2D eigenvalue weighted by molar-refractivity contribution is 7.22. The van der Waals surface area contributed by atoms with Crippen molar-refractivity contribution in [3.8, 4) is 17.2 Å². The van der Waals surface area contributed by atoms with Gasteiger partial charge in [0.25, 0.3) is 0 Å². The quantitative estimate of drug-likeness (QED) is 0.386. The van der Waals surface area contributed by atoms with E-state index < -0.39 is 0 Å². The standard InChI is InChI=1S/C26H25N3O3S/c1-31-22-11-12-23-24(17-22)33-26(28-23)29-15-13-18(14-16-29)25(30)27-19-7-9-21(10-8-19)32-20-5-3-2-4-6-20/h2-12,17-18H,13-16H2,1H3,(H,27,30). The van der Waals surface area contributed by atoms with Crippen LogP contribution in [-0.2, 0) is 4.79 Å². The first-order valence-electron chi connectivity index (χ1n) is 11.0. The third-order valence-electron chi connectivity index (χ3n) is 5.82. The molecule has 1 N–H and O–H groups in total. The van der Waals surface area contributed by atoms with Crippen LogP contribution in [0.5, 0.6) is 17.2 Å². The highest BCUT2D eigenvalue weighted by atomic mass is 32.1. The van der Waals surface area contributed by atoms with E-state index in [1.54, 1.807) is 18.4 Å². The predicted octanol–water partition coefficient (Wildman–Crippen LogP) is 5.95. The number of rotatable bonds is 6. The summed E-state index contributed by atoms with van der Waals surface area (Å²) in [6.07, 6.45) is 1.61. The van der Waals surface area contributed by atoms with Gasteiger partial charge in [-0.05, 0) is 67.4 Å². The fourth-order valence-corrected chi connectivity index (χ4v) is 5.01. The van der Waals surface area contributed by atoms with E-state index >= 15 is 0 Å². The molecule has 6 nitrogen and oxygen atoms in total. The molecule has 0 aliphatic carbocycles. The van der Waals surface area contributed by atoms with Gasteiger partial charge in [-0.1, -0.05) is 29.5 Å². The Morgan fingerprint density at radius 3 is 2.39 bits per heavy atom. The molecule has 0 spiro atoms. The summed E-state index contributed by atoms with van der Waals surface area (Å²) in [6, 6.07) is 23.1. The van der Waals surface area contributed by atoms with Gasteiger partial charge in [0.05, 0.1) is 17.3 Å². The SMILES string of the molecule is COc1ccc2nc(N3CCC(C(=O)Nc4ccc(Oc5ccccc5)cc4)CC3)sc2c1. The molecule has 1 aliphatic rings. The molecule has 3 aromatic carbocycles. The number of carbonyl (C=O) groups is 1. The first-order valence-corrected chi connectivity index (χ1v) is 11.8. The van der Waals surface area contributed by atoms with Crippen LogP contribution in [0.15, 0.2) is 72.8 Å². The molecule has 33 heavy (non-hydrogen) atoms. The molecule has 7 heteroatoms. The molecular weight excluding hydrogens is 434 g/mol. The molecule has 2 heterocycles. The number of carbonyl (C=O) groups excluding carboxylic acids is 1. The first-order chi connectivity index (χ1) is 16.2. The summed E-state index contributed by atoms with van der Waals surface area (Å²) >= 11 is 1.67. The minimum absolute atomic E-state index is 0.00373. The van der Waals surface area contributed by atoms with Gasteiger partial charge in [0.1, 0.15) is 17.2 Å². The molecule has 168 valence electrons. The zero-order valence-electron chi connectivity index (χ0n) is 18.4. The number of thiazole rings is 1. The molecule has 5 rings (SSSR count). The minimum atomic E-state index is -0.00373. The zero-order chi connectivity index (χ0) is 22.6. The van der Waals surface area contributed by atoms with E-state index in [2.05, 4.69) is 10.2 Å². The van der Waals surface area contributed by atoms with Crippen LogP contribution in [0.25, 0.3) is 10.2 Å². The lowest BCUT2D eigenvalue weighted by Gasteiger charge is -2.31. The summed E-state index contributed by atoms with van der Waals surface area (Å²) in [7, 11) is 1.67. The van der Waals surface area contributed by atoms with Crippen LogP contribution < -0.4 is 19.7 Å². The smallest absolute Gasteiger partial charge is 0.227 e. The maximum atomic E-state index is 12.8. The van der Waals surface area contributed by atoms with Crippen molar-refractivity contribution in [3.63, 3.8) is 0 Å². The number of hydrogen-bond acceptors (Lipinski definition) is 6. The molecule has 1 saturated heterocycles. The summed E-state index contributed by atoms with van der Waals surface area (Å²) in [6.45, 7) is 1.64. The number of nitrogens with zero attached hydrogens (tertiary/aromatic N) is 2. The fourth-order valence-electron chi connectivity index (χ4n) is 3.96. The van der Waals surface area contributed by atoms with Crippen LogP contribution in [0.4, 0.5) is 10.8 Å². The Kier molecular flexibility index (Phi) is 6.13. The summed E-state index contributed by atoms with van der Waals surface area (Å²) in [4.78, 5) is 19.8. The van der Waals surface area contributed by atoms with Gasteiger partial charge in [0.15, 0.2) is 5.13 Å². The normalized spacial score (nSPS) is 14.3. The molecule has 0 atom stereocenters. The van der Waals surface area contributed by atoms with Gasteiger partial charge in [-0.25, -0.2) is 4.98 Å². The molecule has 0 bridgehead atoms. The van der Waals surface area contributed by atoms with Gasteiger partial charge in [-0.2, -0.15) is 0 Å². The molecule has 0 unspecified atom stereocenters.